The lowest BCUT2D eigenvalue weighted by Crippen LogP contribution is -2.70. The van der Waals surface area contributed by atoms with Crippen molar-refractivity contribution in [2.24, 2.45) is 28.1 Å². The summed E-state index contributed by atoms with van der Waals surface area (Å²) >= 11 is 0. The highest BCUT2D eigenvalue weighted by Crippen LogP contribution is 2.69. The van der Waals surface area contributed by atoms with Crippen molar-refractivity contribution >= 4 is 11.9 Å². The van der Waals surface area contributed by atoms with Crippen LogP contribution in [0.15, 0.2) is 0 Å². The van der Waals surface area contributed by atoms with Crippen LogP contribution in [-0.2, 0) is 9.59 Å². The van der Waals surface area contributed by atoms with Crippen molar-refractivity contribution in [2.45, 2.75) is 83.8 Å². The summed E-state index contributed by atoms with van der Waals surface area (Å²) in [6.45, 7) is 6.24. The van der Waals surface area contributed by atoms with Gasteiger partial charge in [0, 0.05) is 17.4 Å². The van der Waals surface area contributed by atoms with Crippen LogP contribution in [0.4, 0.5) is 0 Å². The maximum absolute atomic E-state index is 12.5. The number of hydrogen-bond donors (Lipinski definition) is 3. The zero-order chi connectivity index (χ0) is 18.3. The Labute approximate surface area is 149 Å². The number of piperidine rings is 1. The van der Waals surface area contributed by atoms with Crippen LogP contribution in [0.2, 0.25) is 0 Å². The van der Waals surface area contributed by atoms with Gasteiger partial charge in [-0.1, -0.05) is 13.3 Å². The molecule has 4 rings (SSSR count). The maximum atomic E-state index is 12.5. The van der Waals surface area contributed by atoms with Gasteiger partial charge in [0.25, 0.3) is 0 Å². The third-order valence-corrected chi connectivity index (χ3v) is 8.71. The van der Waals surface area contributed by atoms with E-state index in [0.717, 1.165) is 32.1 Å². The summed E-state index contributed by atoms with van der Waals surface area (Å²) in [5.74, 6) is -0.469. The molecular weight excluding hydrogens is 318 g/mol. The summed E-state index contributed by atoms with van der Waals surface area (Å²) in [7, 11) is 0. The SMILES string of the molecule is C[C@@]12CC[C@@H]3[C@]4(C)CCC[C@@](C)(C(=O)O)[C@@H]4C[C@H](O)[C@@]3(CC(=O)N1)C2. The highest BCUT2D eigenvalue weighted by atomic mass is 16.4. The summed E-state index contributed by atoms with van der Waals surface area (Å²) in [4.78, 5) is 24.6. The minimum Gasteiger partial charge on any atom is -0.481 e. The van der Waals surface area contributed by atoms with Gasteiger partial charge < -0.3 is 15.5 Å². The average molecular weight is 349 g/mol. The number of aliphatic hydroxyl groups is 1. The largest absolute Gasteiger partial charge is 0.481 e. The van der Waals surface area contributed by atoms with Gasteiger partial charge in [-0.25, -0.2) is 0 Å². The van der Waals surface area contributed by atoms with Crippen LogP contribution in [0.3, 0.4) is 0 Å². The predicted molar refractivity (Wildman–Crippen MR) is 92.8 cm³/mol. The van der Waals surface area contributed by atoms with E-state index in [1.54, 1.807) is 0 Å². The van der Waals surface area contributed by atoms with Crippen LogP contribution >= 0.6 is 0 Å². The molecule has 2 bridgehead atoms. The summed E-state index contributed by atoms with van der Waals surface area (Å²) in [5.41, 5.74) is -1.48. The lowest BCUT2D eigenvalue weighted by Gasteiger charge is -2.68. The summed E-state index contributed by atoms with van der Waals surface area (Å²) in [5, 5.41) is 24.3. The van der Waals surface area contributed by atoms with Crippen molar-refractivity contribution in [3.05, 3.63) is 0 Å². The lowest BCUT2D eigenvalue weighted by molar-refractivity contribution is -0.228. The van der Waals surface area contributed by atoms with Crippen molar-refractivity contribution in [3.8, 4) is 0 Å². The minimum atomic E-state index is -0.771. The van der Waals surface area contributed by atoms with E-state index in [0.29, 0.717) is 19.3 Å². The number of amides is 1. The van der Waals surface area contributed by atoms with E-state index in [1.807, 2.05) is 6.92 Å². The second-order valence-corrected chi connectivity index (χ2v) is 10.2. The molecule has 0 aromatic heterocycles. The van der Waals surface area contributed by atoms with Crippen molar-refractivity contribution in [1.29, 1.82) is 0 Å². The Hall–Kier alpha value is -1.10. The molecule has 0 aromatic carbocycles. The molecule has 3 N–H and O–H groups in total. The van der Waals surface area contributed by atoms with Gasteiger partial charge >= 0.3 is 5.97 Å². The molecule has 0 unspecified atom stereocenters. The van der Waals surface area contributed by atoms with Gasteiger partial charge in [0.2, 0.25) is 5.91 Å². The standard InChI is InChI=1S/C20H31NO4/c1-17-8-5-12-18(2)6-4-7-19(3,16(24)25)13(18)9-14(22)20(12,11-17)10-15(23)21-17/h12-14,22H,4-11H2,1-3H3,(H,21,23)(H,24,25)/t12-,13-,14+,17+,18+,19-,20+/m1/s1. The molecule has 1 spiro atoms. The van der Waals surface area contributed by atoms with E-state index < -0.39 is 17.5 Å². The first kappa shape index (κ1) is 17.3. The Balaban J connectivity index is 1.80. The number of fused-ring (bicyclic) bond motifs is 3. The van der Waals surface area contributed by atoms with Crippen molar-refractivity contribution < 1.29 is 19.8 Å². The first-order chi connectivity index (χ1) is 11.6. The molecule has 25 heavy (non-hydrogen) atoms. The van der Waals surface area contributed by atoms with E-state index in [2.05, 4.69) is 19.2 Å². The highest BCUT2D eigenvalue weighted by Gasteiger charge is 2.68. The Bertz CT molecular complexity index is 635. The number of carboxylic acids is 1. The Morgan fingerprint density at radius 1 is 1.16 bits per heavy atom. The number of rotatable bonds is 1. The third kappa shape index (κ3) is 2.11. The number of nitrogens with one attached hydrogen (secondary N) is 1. The zero-order valence-electron chi connectivity index (χ0n) is 15.6. The van der Waals surface area contributed by atoms with Crippen LogP contribution in [0, 0.1) is 28.1 Å². The Kier molecular flexibility index (Phi) is 3.46. The quantitative estimate of drug-likeness (QED) is 0.679. The van der Waals surface area contributed by atoms with Gasteiger partial charge in [-0.15, -0.1) is 0 Å². The number of hydrogen-bond acceptors (Lipinski definition) is 3. The summed E-state index contributed by atoms with van der Waals surface area (Å²) in [6, 6.07) is 0. The predicted octanol–water partition coefficient (Wildman–Crippen LogP) is 2.71. The molecule has 5 nitrogen and oxygen atoms in total. The minimum absolute atomic E-state index is 0.0220. The molecule has 7 atom stereocenters. The van der Waals surface area contributed by atoms with E-state index in [-0.39, 0.29) is 34.1 Å². The molecule has 0 aromatic rings. The van der Waals surface area contributed by atoms with Crippen LogP contribution < -0.4 is 5.32 Å². The highest BCUT2D eigenvalue weighted by molar-refractivity contribution is 5.79. The van der Waals surface area contributed by atoms with Gasteiger partial charge in [0.05, 0.1) is 11.5 Å². The molecule has 3 aliphatic carbocycles. The van der Waals surface area contributed by atoms with Gasteiger partial charge in [0.1, 0.15) is 0 Å². The molecule has 0 radical (unpaired) electrons. The van der Waals surface area contributed by atoms with E-state index in [1.165, 1.54) is 0 Å². The van der Waals surface area contributed by atoms with Crippen molar-refractivity contribution in [1.82, 2.24) is 5.32 Å². The van der Waals surface area contributed by atoms with Crippen LogP contribution in [0.25, 0.3) is 0 Å². The molecule has 1 heterocycles. The Morgan fingerprint density at radius 3 is 2.56 bits per heavy atom. The first-order valence-electron chi connectivity index (χ1n) is 9.78. The van der Waals surface area contributed by atoms with Crippen molar-refractivity contribution in [2.75, 3.05) is 0 Å². The van der Waals surface area contributed by atoms with E-state index in [9.17, 15) is 19.8 Å². The van der Waals surface area contributed by atoms with E-state index in [4.69, 9.17) is 0 Å². The van der Waals surface area contributed by atoms with Gasteiger partial charge in [-0.3, -0.25) is 9.59 Å². The molecule has 1 amide bonds. The topological polar surface area (TPSA) is 86.6 Å². The van der Waals surface area contributed by atoms with Gasteiger partial charge in [-0.05, 0) is 69.6 Å². The maximum Gasteiger partial charge on any atom is 0.309 e. The smallest absolute Gasteiger partial charge is 0.309 e. The molecular formula is C20H31NO4. The molecule has 5 heteroatoms. The molecule has 1 aliphatic heterocycles. The van der Waals surface area contributed by atoms with Crippen LogP contribution in [0.1, 0.15) is 72.1 Å². The number of carboxylic acid groups (broad SMARTS) is 1. The molecule has 140 valence electrons. The fraction of sp³-hybridized carbons (Fsp3) is 0.900. The van der Waals surface area contributed by atoms with Gasteiger partial charge in [-0.2, -0.15) is 0 Å². The number of carbonyl (C=O) groups is 2. The molecule has 4 fully saturated rings. The Morgan fingerprint density at radius 2 is 1.88 bits per heavy atom. The summed E-state index contributed by atoms with van der Waals surface area (Å²) in [6.07, 6.45) is 5.65. The number of aliphatic carboxylic acids is 1. The average Bonchev–Trinajstić information content (AvgIpc) is 2.48. The third-order valence-electron chi connectivity index (χ3n) is 8.71. The zero-order valence-corrected chi connectivity index (χ0v) is 15.6. The summed E-state index contributed by atoms with van der Waals surface area (Å²) < 4.78 is 0. The normalized spacial score (nSPS) is 54.9. The van der Waals surface area contributed by atoms with Crippen LogP contribution in [-0.4, -0.2) is 33.7 Å². The fourth-order valence-corrected chi connectivity index (χ4v) is 7.69. The molecule has 4 aliphatic rings. The van der Waals surface area contributed by atoms with Crippen molar-refractivity contribution in [3.63, 3.8) is 0 Å². The molecule has 3 saturated carbocycles. The lowest BCUT2D eigenvalue weighted by atomic mass is 9.37. The van der Waals surface area contributed by atoms with Gasteiger partial charge in [0.15, 0.2) is 0 Å². The monoisotopic (exact) mass is 349 g/mol. The molecule has 1 saturated heterocycles. The number of carbonyl (C=O) groups excluding carboxylic acids is 1. The fourth-order valence-electron chi connectivity index (χ4n) is 7.69. The second-order valence-electron chi connectivity index (χ2n) is 10.2. The van der Waals surface area contributed by atoms with Crippen LogP contribution in [0.5, 0.6) is 0 Å². The first-order valence-corrected chi connectivity index (χ1v) is 9.78. The second kappa shape index (κ2) is 4.99. The number of aliphatic hydroxyl groups excluding tert-OH is 1. The van der Waals surface area contributed by atoms with E-state index >= 15 is 0 Å².